The van der Waals surface area contributed by atoms with Gasteiger partial charge >= 0.3 is 12.1 Å². The zero-order chi connectivity index (χ0) is 74.6. The normalized spacial score (nSPS) is 20.3. The number of carboxylic acid groups (broad SMARTS) is 1. The molecule has 6 heterocycles. The number of phenols is 6. The molecule has 6 aliphatic rings. The van der Waals surface area contributed by atoms with Crippen LogP contribution in [0.5, 0.6) is 69.0 Å². The first-order chi connectivity index (χ1) is 49.5. The number of phenolic OH excluding ortho intramolecular Hbond substituents is 6. The van der Waals surface area contributed by atoms with Crippen molar-refractivity contribution in [1.82, 2.24) is 42.5 Å². The lowest BCUT2D eigenvalue weighted by Crippen LogP contribution is -2.55. The number of rotatable bonds is 13. The summed E-state index contributed by atoms with van der Waals surface area (Å²) in [5, 5.41) is 115. The molecule has 7 amide bonds. The minimum Gasteiger partial charge on any atom is -0.508 e. The minimum absolute atomic E-state index is 0.00810. The number of nitrogens with one attached hydrogen (secondary N) is 8. The minimum atomic E-state index is -2.23. The number of aliphatic hydroxyl groups is 1. The highest BCUT2D eigenvalue weighted by molar-refractivity contribution is 6.32. The van der Waals surface area contributed by atoms with E-state index in [-0.39, 0.29) is 78.5 Å². The maximum Gasteiger partial charge on any atom is 0.408 e. The third-order valence-corrected chi connectivity index (χ3v) is 18.4. The average molecular weight is 1470 g/mol. The van der Waals surface area contributed by atoms with Gasteiger partial charge in [0.15, 0.2) is 29.0 Å². The summed E-state index contributed by atoms with van der Waals surface area (Å²) in [6.07, 6.45) is 4.44. The van der Waals surface area contributed by atoms with Gasteiger partial charge in [0.1, 0.15) is 88.2 Å². The Kier molecular flexibility index (Phi) is 22.2. The third-order valence-electron chi connectivity index (χ3n) is 17.8. The Morgan fingerprint density at radius 1 is 0.548 bits per heavy atom. The van der Waals surface area contributed by atoms with E-state index in [9.17, 15) is 55.2 Å². The van der Waals surface area contributed by atoms with Gasteiger partial charge < -0.3 is 102 Å². The predicted molar refractivity (Wildman–Crippen MR) is 374 cm³/mol. The van der Waals surface area contributed by atoms with Crippen LogP contribution >= 0.6 is 23.2 Å². The molecule has 8 atom stereocenters. The van der Waals surface area contributed by atoms with E-state index in [0.717, 1.165) is 106 Å². The van der Waals surface area contributed by atoms with Gasteiger partial charge in [-0.3, -0.25) is 28.8 Å². The van der Waals surface area contributed by atoms with Crippen molar-refractivity contribution in [2.45, 2.75) is 146 Å². The highest BCUT2D eigenvalue weighted by Gasteiger charge is 2.42. The molecule has 7 aromatic rings. The zero-order valence-corrected chi connectivity index (χ0v) is 58.0. The highest BCUT2D eigenvalue weighted by Crippen LogP contribution is 2.49. The van der Waals surface area contributed by atoms with Gasteiger partial charge in [-0.1, -0.05) is 99.3 Å². The van der Waals surface area contributed by atoms with Crippen LogP contribution < -0.4 is 56.7 Å². The Hall–Kier alpha value is -11.2. The molecule has 0 saturated heterocycles. The first-order valence-electron chi connectivity index (χ1n) is 33.5. The van der Waals surface area contributed by atoms with E-state index in [4.69, 9.17) is 42.1 Å². The number of aliphatic carboxylic acids is 1. The third kappa shape index (κ3) is 16.6. The van der Waals surface area contributed by atoms with Crippen molar-refractivity contribution in [3.8, 4) is 80.1 Å². The predicted octanol–water partition coefficient (Wildman–Crippen LogP) is 9.78. The number of alkyl carbamates (subject to hydrolysis) is 1. The fraction of sp³-hybridized carbons (Fsp3) is 0.324. The lowest BCUT2D eigenvalue weighted by molar-refractivity contribution is -0.143. The molecular formula is C74H76Cl2N8O20. The van der Waals surface area contributed by atoms with E-state index < -0.39 is 171 Å². The molecule has 30 heteroatoms. The molecule has 0 radical (unpaired) electrons. The number of carbonyl (C=O) groups excluding carboxylic acids is 7. The maximum absolute atomic E-state index is 16.1. The largest absolute Gasteiger partial charge is 0.508 e. The van der Waals surface area contributed by atoms with Crippen LogP contribution in [0.2, 0.25) is 10.0 Å². The Bertz CT molecular complexity index is 4570. The molecule has 7 aromatic carbocycles. The molecule has 0 fully saturated rings. The number of carbonyl (C=O) groups is 8. The van der Waals surface area contributed by atoms with E-state index in [1.807, 2.05) is 0 Å². The fourth-order valence-corrected chi connectivity index (χ4v) is 13.1. The number of carboxylic acids is 1. The molecule has 1 unspecified atom stereocenters. The summed E-state index contributed by atoms with van der Waals surface area (Å²) < 4.78 is 24.2. The second-order valence-corrected chi connectivity index (χ2v) is 27.4. The summed E-state index contributed by atoms with van der Waals surface area (Å²) in [5.74, 6) is -15.5. The second kappa shape index (κ2) is 31.2. The lowest BCUT2D eigenvalue weighted by Gasteiger charge is -2.31. The Morgan fingerprint density at radius 3 is 1.79 bits per heavy atom. The molecule has 13 rings (SSSR count). The van der Waals surface area contributed by atoms with Gasteiger partial charge in [-0.2, -0.15) is 0 Å². The van der Waals surface area contributed by atoms with Gasteiger partial charge in [-0.15, -0.1) is 0 Å². The number of unbranched alkanes of at least 4 members (excludes halogenated alkanes) is 7. The van der Waals surface area contributed by atoms with E-state index in [2.05, 4.69) is 49.5 Å². The number of aliphatic hydroxyl groups excluding tert-OH is 1. The zero-order valence-electron chi connectivity index (χ0n) is 56.5. The molecule has 0 aromatic heterocycles. The second-order valence-electron chi connectivity index (χ2n) is 26.6. The molecule has 16 N–H and O–H groups in total. The molecule has 0 aliphatic carbocycles. The van der Waals surface area contributed by atoms with Gasteiger partial charge in [-0.05, 0) is 146 Å². The van der Waals surface area contributed by atoms with Crippen molar-refractivity contribution in [1.29, 1.82) is 0 Å². The van der Waals surface area contributed by atoms with Crippen molar-refractivity contribution in [3.63, 3.8) is 0 Å². The van der Waals surface area contributed by atoms with Crippen molar-refractivity contribution < 1.29 is 98.2 Å². The van der Waals surface area contributed by atoms with Crippen LogP contribution in [-0.2, 0) is 51.3 Å². The smallest absolute Gasteiger partial charge is 0.408 e. The van der Waals surface area contributed by atoms with E-state index in [1.54, 1.807) is 20.8 Å². The van der Waals surface area contributed by atoms with Crippen LogP contribution in [0.25, 0.3) is 11.1 Å². The first-order valence-corrected chi connectivity index (χ1v) is 34.3. The molecule has 546 valence electrons. The first kappa shape index (κ1) is 74.0. The summed E-state index contributed by atoms with van der Waals surface area (Å²) in [7, 11) is 0. The quantitative estimate of drug-likeness (QED) is 0.0477. The number of hydrogen-bond acceptors (Lipinski definition) is 20. The topological polar surface area (TPSA) is 432 Å². The van der Waals surface area contributed by atoms with E-state index >= 15 is 24.0 Å². The Balaban J connectivity index is 1.08. The monoisotopic (exact) mass is 1470 g/mol. The van der Waals surface area contributed by atoms with Crippen LogP contribution in [0.1, 0.15) is 160 Å². The SMILES string of the molecule is CCCCCCCCCCNCc1c(O)cc2c(c1O)-c1cc(ccc1O)[C@@H]1NC(=O)[C@H]3NC(=O)[C@H]4NC(=O)[C@H](Cc5ccc(c(Cl)c5)Oc5cc3cc(c5O)Oc3ccc(cc3Cl)C(O)[C@H](NC1=O)C(=O)N[C@@H]2C(=O)O)NC(=O)[C@H](NC(=O)OC(C)(C)C)c1ccc(O)c(c1)Oc1cc(O)cc4c1. The molecular weight excluding hydrogens is 1390 g/mol. The van der Waals surface area contributed by atoms with Crippen molar-refractivity contribution in [2.24, 2.45) is 0 Å². The van der Waals surface area contributed by atoms with Crippen LogP contribution in [-0.4, -0.2) is 113 Å². The molecule has 104 heavy (non-hydrogen) atoms. The number of hydrogen-bond donors (Lipinski definition) is 16. The summed E-state index contributed by atoms with van der Waals surface area (Å²) >= 11 is 13.9. The van der Waals surface area contributed by atoms with E-state index in [1.165, 1.54) is 48.5 Å². The molecule has 0 spiro atoms. The van der Waals surface area contributed by atoms with Crippen LogP contribution in [0, 0.1) is 0 Å². The van der Waals surface area contributed by atoms with Crippen molar-refractivity contribution in [3.05, 3.63) is 164 Å². The standard InChI is InChI=1S/C74H76Cl2N8O20/c1-5-6-7-8-9-10-11-12-21-77-33-44-50(88)32-43-56(64(44)90)42-26-35(14-17-48(42)86)57-68(94)83-62(71(97)82-61(43)72(98)99)63(89)37-16-20-52(46(76)27-37)103-55-30-39-29-54(65(55)91)102-51-19-13-34(22-45(51)75)23-47-66(92)79-59(69(95)81-60(39)70(96)80-57)38-24-40(85)31-41(25-38)101-53-28-36(15-18-49(53)87)58(67(93)78-47)84-73(100)104-74(2,3)4/h13-20,22,24-32,47,57-63,77,85-91H,5-12,21,23,33H2,1-4H3,(H,78,93)(H,79,92)(H,80,96)(H,81,95)(H,82,97)(H,83,94)(H,84,100)(H,98,99)/t47-,57-,58+,59-,60-,61-,62-,63?/m0/s1. The highest BCUT2D eigenvalue weighted by atomic mass is 35.5. The van der Waals surface area contributed by atoms with Crippen LogP contribution in [0.15, 0.2) is 109 Å². The van der Waals surface area contributed by atoms with Crippen molar-refractivity contribution in [2.75, 3.05) is 6.54 Å². The summed E-state index contributed by atoms with van der Waals surface area (Å²) in [6.45, 7) is 7.08. The molecule has 17 bridgehead atoms. The number of ether oxygens (including phenoxy) is 4. The van der Waals surface area contributed by atoms with Crippen LogP contribution in [0.4, 0.5) is 4.79 Å². The van der Waals surface area contributed by atoms with Gasteiger partial charge in [0, 0.05) is 35.7 Å². The number of benzene rings is 7. The lowest BCUT2D eigenvalue weighted by atomic mass is 9.88. The van der Waals surface area contributed by atoms with Gasteiger partial charge in [0.05, 0.1) is 15.6 Å². The summed E-state index contributed by atoms with van der Waals surface area (Å²) in [6, 6.07) is 6.68. The van der Waals surface area contributed by atoms with Gasteiger partial charge in [0.2, 0.25) is 41.2 Å². The van der Waals surface area contributed by atoms with Gasteiger partial charge in [-0.25, -0.2) is 9.59 Å². The van der Waals surface area contributed by atoms with E-state index in [0.29, 0.717) is 13.0 Å². The molecule has 0 saturated carbocycles. The number of fused-ring (bicyclic) bond motifs is 14. The van der Waals surface area contributed by atoms with Crippen molar-refractivity contribution >= 4 is 70.7 Å². The molecule has 6 aliphatic heterocycles. The fourth-order valence-electron chi connectivity index (χ4n) is 12.6. The van der Waals surface area contributed by atoms with Gasteiger partial charge in [0.25, 0.3) is 0 Å². The Labute approximate surface area is 605 Å². The summed E-state index contributed by atoms with van der Waals surface area (Å²) in [4.78, 5) is 120. The number of amides is 7. The maximum atomic E-state index is 16.1. The number of halogens is 2. The average Bonchev–Trinajstić information content (AvgIpc) is 0.763. The number of aromatic hydroxyl groups is 6. The Morgan fingerprint density at radius 2 is 1.13 bits per heavy atom. The van der Waals surface area contributed by atoms with Crippen LogP contribution in [0.3, 0.4) is 0 Å². The summed E-state index contributed by atoms with van der Waals surface area (Å²) in [5.41, 5.74) is -3.52. The molecule has 28 nitrogen and oxygen atoms in total.